The minimum atomic E-state index is -0.705. The Kier molecular flexibility index (Phi) is 7.14. The zero-order valence-electron chi connectivity index (χ0n) is 15.8. The average molecular weight is 367 g/mol. The predicted molar refractivity (Wildman–Crippen MR) is 100 cm³/mol. The summed E-state index contributed by atoms with van der Waals surface area (Å²) in [5.41, 5.74) is 0. The van der Waals surface area contributed by atoms with Gasteiger partial charge in [-0.25, -0.2) is 4.79 Å². The van der Waals surface area contributed by atoms with Crippen LogP contribution in [0.3, 0.4) is 0 Å². The van der Waals surface area contributed by atoms with E-state index in [1.807, 2.05) is 4.90 Å². The number of nitrogens with one attached hydrogen (secondary N) is 2. The molecule has 2 heterocycles. The Morgan fingerprint density at radius 1 is 0.962 bits per heavy atom. The van der Waals surface area contributed by atoms with Crippen molar-refractivity contribution in [2.24, 2.45) is 5.92 Å². The van der Waals surface area contributed by atoms with Crippen molar-refractivity contribution in [2.45, 2.75) is 63.5 Å². The molecule has 0 aromatic heterocycles. The third kappa shape index (κ3) is 5.58. The molecule has 0 aromatic rings. The highest BCUT2D eigenvalue weighted by atomic mass is 16.4. The maximum Gasteiger partial charge on any atom is 0.317 e. The molecular formula is C19H34N4O3. The van der Waals surface area contributed by atoms with Gasteiger partial charge in [0.05, 0.1) is 0 Å². The summed E-state index contributed by atoms with van der Waals surface area (Å²) in [7, 11) is 0. The van der Waals surface area contributed by atoms with E-state index in [1.165, 1.54) is 12.8 Å². The molecule has 7 nitrogen and oxygen atoms in total. The van der Waals surface area contributed by atoms with Gasteiger partial charge in [0, 0.05) is 44.7 Å². The van der Waals surface area contributed by atoms with Crippen LogP contribution in [0.15, 0.2) is 0 Å². The number of piperazine rings is 1. The topological polar surface area (TPSA) is 84.9 Å². The van der Waals surface area contributed by atoms with Crippen molar-refractivity contribution in [3.63, 3.8) is 0 Å². The van der Waals surface area contributed by atoms with Crippen LogP contribution in [0.4, 0.5) is 4.79 Å². The third-order valence-electron chi connectivity index (χ3n) is 6.37. The maximum absolute atomic E-state index is 12.6. The largest absolute Gasteiger partial charge is 0.481 e. The van der Waals surface area contributed by atoms with E-state index in [9.17, 15) is 9.59 Å². The van der Waals surface area contributed by atoms with E-state index in [-0.39, 0.29) is 18.5 Å². The minimum absolute atomic E-state index is 0.0870. The second-order valence-electron chi connectivity index (χ2n) is 8.10. The molecule has 2 saturated heterocycles. The highest BCUT2D eigenvalue weighted by Gasteiger charge is 2.29. The van der Waals surface area contributed by atoms with Gasteiger partial charge < -0.3 is 20.6 Å². The fraction of sp³-hybridized carbons (Fsp3) is 0.895. The highest BCUT2D eigenvalue weighted by molar-refractivity contribution is 5.74. The molecular weight excluding hydrogens is 332 g/mol. The smallest absolute Gasteiger partial charge is 0.317 e. The normalized spacial score (nSPS) is 28.7. The van der Waals surface area contributed by atoms with E-state index >= 15 is 0 Å². The number of nitrogens with zero attached hydrogens (tertiary/aromatic N) is 2. The second kappa shape index (κ2) is 9.55. The summed E-state index contributed by atoms with van der Waals surface area (Å²) in [6.07, 6.45) is 7.49. The molecule has 7 heteroatoms. The predicted octanol–water partition coefficient (Wildman–Crippen LogP) is 1.49. The summed E-state index contributed by atoms with van der Waals surface area (Å²) in [4.78, 5) is 27.8. The Hall–Kier alpha value is -1.34. The fourth-order valence-electron chi connectivity index (χ4n) is 4.65. The van der Waals surface area contributed by atoms with Crippen molar-refractivity contribution < 1.29 is 14.7 Å². The van der Waals surface area contributed by atoms with Crippen LogP contribution in [-0.2, 0) is 4.79 Å². The van der Waals surface area contributed by atoms with E-state index < -0.39 is 5.97 Å². The lowest BCUT2D eigenvalue weighted by Crippen LogP contribution is -2.56. The number of aliphatic carboxylic acids is 1. The lowest BCUT2D eigenvalue weighted by Gasteiger charge is -2.41. The van der Waals surface area contributed by atoms with Crippen molar-refractivity contribution in [1.82, 2.24) is 20.4 Å². The molecule has 3 rings (SSSR count). The molecule has 3 fully saturated rings. The van der Waals surface area contributed by atoms with Gasteiger partial charge in [0.25, 0.3) is 0 Å². The van der Waals surface area contributed by atoms with Crippen LogP contribution in [-0.4, -0.2) is 78.3 Å². The zero-order valence-corrected chi connectivity index (χ0v) is 15.8. The van der Waals surface area contributed by atoms with Gasteiger partial charge >= 0.3 is 12.0 Å². The number of amides is 2. The monoisotopic (exact) mass is 366 g/mol. The zero-order chi connectivity index (χ0) is 18.4. The van der Waals surface area contributed by atoms with Gasteiger partial charge in [0.15, 0.2) is 0 Å². The van der Waals surface area contributed by atoms with Crippen LogP contribution in [0.5, 0.6) is 0 Å². The van der Waals surface area contributed by atoms with Crippen molar-refractivity contribution >= 4 is 12.0 Å². The molecule has 2 amide bonds. The Morgan fingerprint density at radius 2 is 1.62 bits per heavy atom. The van der Waals surface area contributed by atoms with Crippen LogP contribution in [0.25, 0.3) is 0 Å². The van der Waals surface area contributed by atoms with Gasteiger partial charge in [-0.1, -0.05) is 0 Å². The molecule has 0 atom stereocenters. The maximum atomic E-state index is 12.6. The number of urea groups is 1. The van der Waals surface area contributed by atoms with Crippen molar-refractivity contribution in [2.75, 3.05) is 39.3 Å². The average Bonchev–Trinajstić information content (AvgIpc) is 2.68. The lowest BCUT2D eigenvalue weighted by molar-refractivity contribution is -0.137. The molecule has 3 N–H and O–H groups in total. The number of carboxylic acids is 1. The standard InChI is InChI=1S/C19H34N4O3/c24-18(25)6-3-15-1-4-16(5-2-15)21-19(26)23-13-11-22(12-14-23)17-7-9-20-10-8-17/h15-17,20H,1-14H2,(H,21,26)(H,24,25)/t15-,16-. The first-order chi connectivity index (χ1) is 12.6. The molecule has 148 valence electrons. The highest BCUT2D eigenvalue weighted by Crippen LogP contribution is 2.28. The van der Waals surface area contributed by atoms with Crippen LogP contribution >= 0.6 is 0 Å². The van der Waals surface area contributed by atoms with E-state index in [0.29, 0.717) is 12.0 Å². The Bertz CT molecular complexity index is 465. The molecule has 0 bridgehead atoms. The molecule has 0 spiro atoms. The van der Waals surface area contributed by atoms with E-state index in [4.69, 9.17) is 5.11 Å². The number of rotatable bonds is 5. The number of piperidine rings is 1. The number of carbonyl (C=O) groups is 2. The van der Waals surface area contributed by atoms with Gasteiger partial charge in [0.1, 0.15) is 0 Å². The Balaban J connectivity index is 1.34. The van der Waals surface area contributed by atoms with Gasteiger partial charge in [-0.2, -0.15) is 0 Å². The first-order valence-electron chi connectivity index (χ1n) is 10.3. The molecule has 3 aliphatic rings. The molecule has 1 saturated carbocycles. The van der Waals surface area contributed by atoms with Gasteiger partial charge in [-0.15, -0.1) is 0 Å². The van der Waals surface area contributed by atoms with E-state index in [2.05, 4.69) is 15.5 Å². The molecule has 0 unspecified atom stereocenters. The van der Waals surface area contributed by atoms with Crippen molar-refractivity contribution in [1.29, 1.82) is 0 Å². The number of carbonyl (C=O) groups excluding carboxylic acids is 1. The summed E-state index contributed by atoms with van der Waals surface area (Å²) < 4.78 is 0. The quantitative estimate of drug-likeness (QED) is 0.686. The van der Waals surface area contributed by atoms with E-state index in [0.717, 1.165) is 71.4 Å². The van der Waals surface area contributed by atoms with Gasteiger partial charge in [-0.3, -0.25) is 9.69 Å². The van der Waals surface area contributed by atoms with Crippen LogP contribution in [0, 0.1) is 5.92 Å². The lowest BCUT2D eigenvalue weighted by atomic mass is 9.83. The fourth-order valence-corrected chi connectivity index (χ4v) is 4.65. The number of hydrogen-bond donors (Lipinski definition) is 3. The molecule has 0 radical (unpaired) electrons. The molecule has 26 heavy (non-hydrogen) atoms. The SMILES string of the molecule is O=C(O)CC[C@H]1CC[C@H](NC(=O)N2CCN(C3CCNCC3)CC2)CC1. The van der Waals surface area contributed by atoms with Gasteiger partial charge in [-0.05, 0) is 64.0 Å². The minimum Gasteiger partial charge on any atom is -0.481 e. The van der Waals surface area contributed by atoms with Crippen molar-refractivity contribution in [3.8, 4) is 0 Å². The Morgan fingerprint density at radius 3 is 2.23 bits per heavy atom. The molecule has 0 aromatic carbocycles. The Labute approximate surface area is 156 Å². The first-order valence-corrected chi connectivity index (χ1v) is 10.3. The van der Waals surface area contributed by atoms with Gasteiger partial charge in [0.2, 0.25) is 0 Å². The summed E-state index contributed by atoms with van der Waals surface area (Å²) in [5.74, 6) is -0.197. The summed E-state index contributed by atoms with van der Waals surface area (Å²) in [5, 5.41) is 15.4. The van der Waals surface area contributed by atoms with E-state index in [1.54, 1.807) is 0 Å². The van der Waals surface area contributed by atoms with Crippen LogP contribution in [0.1, 0.15) is 51.4 Å². The molecule has 1 aliphatic carbocycles. The van der Waals surface area contributed by atoms with Crippen LogP contribution in [0.2, 0.25) is 0 Å². The molecule has 2 aliphatic heterocycles. The summed E-state index contributed by atoms with van der Waals surface area (Å²) in [6, 6.07) is 1.03. The summed E-state index contributed by atoms with van der Waals surface area (Å²) in [6.45, 7) is 5.84. The van der Waals surface area contributed by atoms with Crippen LogP contribution < -0.4 is 10.6 Å². The summed E-state index contributed by atoms with van der Waals surface area (Å²) >= 11 is 0. The number of carboxylic acid groups (broad SMARTS) is 1. The second-order valence-corrected chi connectivity index (χ2v) is 8.10. The first kappa shape index (κ1) is 19.4. The van der Waals surface area contributed by atoms with Crippen molar-refractivity contribution in [3.05, 3.63) is 0 Å². The third-order valence-corrected chi connectivity index (χ3v) is 6.37. The number of hydrogen-bond acceptors (Lipinski definition) is 4.